The van der Waals surface area contributed by atoms with Crippen LogP contribution in [-0.2, 0) is 0 Å². The van der Waals surface area contributed by atoms with Crippen LogP contribution in [0.15, 0.2) is 4.79 Å². The maximum atomic E-state index is 11.9. The number of hydrogen-bond donors (Lipinski definition) is 1. The smallest absolute Gasteiger partial charge is 0.268 e. The number of aryl methyl sites for hydroxylation is 3. The Labute approximate surface area is 108 Å². The summed E-state index contributed by atoms with van der Waals surface area (Å²) >= 11 is 1.42. The van der Waals surface area contributed by atoms with E-state index in [1.54, 1.807) is 6.92 Å². The van der Waals surface area contributed by atoms with Gasteiger partial charge in [-0.1, -0.05) is 0 Å². The van der Waals surface area contributed by atoms with Crippen LogP contribution in [0.25, 0.3) is 20.4 Å². The van der Waals surface area contributed by atoms with E-state index >= 15 is 0 Å². The summed E-state index contributed by atoms with van der Waals surface area (Å²) in [6.45, 7) is 7.92. The number of thiophene rings is 1. The normalized spacial score (nSPS) is 11.6. The minimum absolute atomic E-state index is 0.0739. The average molecular weight is 259 g/mol. The number of nitrogens with zero attached hydrogens (tertiary/aromatic N) is 2. The molecule has 0 saturated heterocycles. The van der Waals surface area contributed by atoms with Crippen molar-refractivity contribution in [3.63, 3.8) is 0 Å². The van der Waals surface area contributed by atoms with E-state index < -0.39 is 0 Å². The minimum Gasteiger partial charge on any atom is -0.310 e. The van der Waals surface area contributed by atoms with E-state index in [1.807, 2.05) is 6.92 Å². The fourth-order valence-electron chi connectivity index (χ4n) is 2.20. The topological polar surface area (TPSA) is 58.6 Å². The van der Waals surface area contributed by atoms with E-state index in [4.69, 9.17) is 0 Å². The van der Waals surface area contributed by atoms with Gasteiger partial charge in [0.15, 0.2) is 0 Å². The molecule has 0 spiro atoms. The summed E-state index contributed by atoms with van der Waals surface area (Å²) in [6, 6.07) is 0. The van der Waals surface area contributed by atoms with E-state index in [0.717, 1.165) is 21.4 Å². The summed E-state index contributed by atoms with van der Waals surface area (Å²) in [5, 5.41) is 1.02. The lowest BCUT2D eigenvalue weighted by atomic mass is 10.1. The Kier molecular flexibility index (Phi) is 2.28. The summed E-state index contributed by atoms with van der Waals surface area (Å²) in [4.78, 5) is 24.6. The molecule has 0 bridgehead atoms. The van der Waals surface area contributed by atoms with Crippen molar-refractivity contribution in [1.29, 1.82) is 0 Å². The van der Waals surface area contributed by atoms with Gasteiger partial charge in [-0.3, -0.25) is 4.79 Å². The number of hydrogen-bond acceptors (Lipinski definition) is 4. The molecule has 0 aliphatic carbocycles. The number of pyridine rings is 1. The highest BCUT2D eigenvalue weighted by Crippen LogP contribution is 2.33. The van der Waals surface area contributed by atoms with E-state index in [2.05, 4.69) is 28.8 Å². The first-order chi connectivity index (χ1) is 8.49. The molecule has 0 saturated carbocycles. The summed E-state index contributed by atoms with van der Waals surface area (Å²) in [7, 11) is 0. The Hall–Kier alpha value is -1.75. The second-order valence-electron chi connectivity index (χ2n) is 4.56. The van der Waals surface area contributed by atoms with Crippen LogP contribution in [0.4, 0.5) is 0 Å². The lowest BCUT2D eigenvalue weighted by molar-refractivity contribution is 1.06. The molecule has 18 heavy (non-hydrogen) atoms. The van der Waals surface area contributed by atoms with Gasteiger partial charge in [0.1, 0.15) is 15.4 Å². The van der Waals surface area contributed by atoms with Gasteiger partial charge in [0.25, 0.3) is 5.56 Å². The Bertz CT molecular complexity index is 845. The first-order valence-electron chi connectivity index (χ1n) is 5.76. The highest BCUT2D eigenvalue weighted by Gasteiger charge is 2.15. The Morgan fingerprint density at radius 1 is 1.06 bits per heavy atom. The van der Waals surface area contributed by atoms with Gasteiger partial charge >= 0.3 is 0 Å². The van der Waals surface area contributed by atoms with Crippen molar-refractivity contribution >= 4 is 31.8 Å². The van der Waals surface area contributed by atoms with Crippen molar-refractivity contribution in [3.05, 3.63) is 33.0 Å². The highest BCUT2D eigenvalue weighted by atomic mass is 32.1. The van der Waals surface area contributed by atoms with E-state index in [9.17, 15) is 4.79 Å². The van der Waals surface area contributed by atoms with Gasteiger partial charge in [0.2, 0.25) is 0 Å². The molecule has 3 heterocycles. The molecule has 0 aliphatic heterocycles. The molecule has 0 radical (unpaired) electrons. The fourth-order valence-corrected chi connectivity index (χ4v) is 3.32. The van der Waals surface area contributed by atoms with Crippen LogP contribution in [0.1, 0.15) is 22.6 Å². The van der Waals surface area contributed by atoms with Crippen molar-refractivity contribution in [2.24, 2.45) is 0 Å². The predicted octanol–water partition coefficient (Wildman–Crippen LogP) is 2.77. The molecule has 0 unspecified atom stereocenters. The molecular formula is C13H13N3OS. The molecule has 0 aliphatic rings. The Morgan fingerprint density at radius 3 is 2.50 bits per heavy atom. The van der Waals surface area contributed by atoms with Gasteiger partial charge in [0, 0.05) is 11.1 Å². The van der Waals surface area contributed by atoms with Crippen LogP contribution in [0.5, 0.6) is 0 Å². The van der Waals surface area contributed by atoms with Crippen LogP contribution in [-0.4, -0.2) is 15.0 Å². The third kappa shape index (κ3) is 1.40. The van der Waals surface area contributed by atoms with Crippen LogP contribution >= 0.6 is 11.3 Å². The molecule has 4 nitrogen and oxygen atoms in total. The summed E-state index contributed by atoms with van der Waals surface area (Å²) in [6.07, 6.45) is 0. The largest absolute Gasteiger partial charge is 0.310 e. The monoisotopic (exact) mass is 259 g/mol. The average Bonchev–Trinajstić information content (AvgIpc) is 2.65. The van der Waals surface area contributed by atoms with Crippen LogP contribution in [0, 0.1) is 27.7 Å². The molecule has 5 heteroatoms. The van der Waals surface area contributed by atoms with Crippen molar-refractivity contribution in [1.82, 2.24) is 15.0 Å². The number of nitrogens with one attached hydrogen (secondary N) is 1. The molecule has 0 amide bonds. The predicted molar refractivity (Wildman–Crippen MR) is 74.5 cm³/mol. The maximum absolute atomic E-state index is 11.9. The zero-order chi connectivity index (χ0) is 13.0. The third-order valence-corrected chi connectivity index (χ3v) is 4.47. The van der Waals surface area contributed by atoms with E-state index in [1.165, 1.54) is 22.5 Å². The van der Waals surface area contributed by atoms with Gasteiger partial charge in [-0.25, -0.2) is 9.97 Å². The molecule has 3 aromatic rings. The lowest BCUT2D eigenvalue weighted by Gasteiger charge is -2.05. The van der Waals surface area contributed by atoms with Crippen molar-refractivity contribution in [2.75, 3.05) is 0 Å². The number of aromatic amines is 1. The zero-order valence-electron chi connectivity index (χ0n) is 10.7. The Balaban J connectivity index is 2.66. The van der Waals surface area contributed by atoms with Gasteiger partial charge in [0.05, 0.1) is 5.52 Å². The zero-order valence-corrected chi connectivity index (χ0v) is 11.5. The summed E-state index contributed by atoms with van der Waals surface area (Å²) < 4.78 is 0.663. The minimum atomic E-state index is -0.0739. The van der Waals surface area contributed by atoms with Gasteiger partial charge < -0.3 is 4.98 Å². The lowest BCUT2D eigenvalue weighted by Crippen LogP contribution is -2.07. The molecule has 1 N–H and O–H groups in total. The maximum Gasteiger partial charge on any atom is 0.268 e. The van der Waals surface area contributed by atoms with Gasteiger partial charge in [-0.15, -0.1) is 11.3 Å². The molecule has 3 rings (SSSR count). The van der Waals surface area contributed by atoms with Crippen molar-refractivity contribution in [2.45, 2.75) is 27.7 Å². The van der Waals surface area contributed by atoms with Crippen LogP contribution < -0.4 is 5.56 Å². The molecule has 0 atom stereocenters. The second kappa shape index (κ2) is 3.62. The SMILES string of the molecule is Cc1nc2c(sc3nc(C)c(C)c(C)c32)c(=O)[nH]1. The van der Waals surface area contributed by atoms with Crippen molar-refractivity contribution < 1.29 is 0 Å². The Morgan fingerprint density at radius 2 is 1.78 bits per heavy atom. The highest BCUT2D eigenvalue weighted by molar-refractivity contribution is 7.25. The number of fused-ring (bicyclic) bond motifs is 3. The molecule has 0 fully saturated rings. The number of aromatic nitrogens is 3. The van der Waals surface area contributed by atoms with Gasteiger partial charge in [-0.2, -0.15) is 0 Å². The van der Waals surface area contributed by atoms with Gasteiger partial charge in [-0.05, 0) is 38.8 Å². The van der Waals surface area contributed by atoms with Crippen LogP contribution in [0.3, 0.4) is 0 Å². The quantitative estimate of drug-likeness (QED) is 0.675. The summed E-state index contributed by atoms with van der Waals surface area (Å²) in [5.41, 5.74) is 4.06. The standard InChI is InChI=1S/C13H13N3OS/c1-5-6(2)9-10-11(12(17)16-8(4)15-10)18-13(9)14-7(5)3/h1-4H3,(H,15,16,17). The first kappa shape index (κ1) is 11.3. The van der Waals surface area contributed by atoms with Crippen LogP contribution in [0.2, 0.25) is 0 Å². The fraction of sp³-hybridized carbons (Fsp3) is 0.308. The third-order valence-electron chi connectivity index (χ3n) is 3.39. The molecule has 92 valence electrons. The molecule has 3 aromatic heterocycles. The van der Waals surface area contributed by atoms with Crippen molar-refractivity contribution in [3.8, 4) is 0 Å². The summed E-state index contributed by atoms with van der Waals surface area (Å²) in [5.74, 6) is 0.643. The second-order valence-corrected chi connectivity index (χ2v) is 5.56. The molecule has 0 aromatic carbocycles. The number of rotatable bonds is 0. The van der Waals surface area contributed by atoms with E-state index in [0.29, 0.717) is 10.5 Å². The molecular weight excluding hydrogens is 246 g/mol. The number of H-pyrrole nitrogens is 1. The first-order valence-corrected chi connectivity index (χ1v) is 6.57. The van der Waals surface area contributed by atoms with E-state index in [-0.39, 0.29) is 5.56 Å².